The molecule has 9 heavy (non-hydrogen) atoms. The summed E-state index contributed by atoms with van der Waals surface area (Å²) in [5.41, 5.74) is 2.87. The minimum absolute atomic E-state index is 1.11. The lowest BCUT2D eigenvalue weighted by molar-refractivity contribution is 1.02. The van der Waals surface area contributed by atoms with Crippen LogP contribution in [-0.4, -0.2) is 0 Å². The Morgan fingerprint density at radius 1 is 1.33 bits per heavy atom. The third-order valence-electron chi connectivity index (χ3n) is 1.71. The molecule has 0 N–H and O–H groups in total. The van der Waals surface area contributed by atoms with Gasteiger partial charge in [0.15, 0.2) is 0 Å². The first kappa shape index (κ1) is 8.48. The van der Waals surface area contributed by atoms with Crippen LogP contribution in [0.3, 0.4) is 0 Å². The molecule has 0 heteroatoms. The number of allylic oxidation sites excluding steroid dienone is 3. The zero-order valence-corrected chi connectivity index (χ0v) is 6.70. The summed E-state index contributed by atoms with van der Waals surface area (Å²) in [6, 6.07) is 0. The number of hydrogen-bond donors (Lipinski definition) is 0. The summed E-state index contributed by atoms with van der Waals surface area (Å²) in [5.74, 6) is 0. The Morgan fingerprint density at radius 3 is 2.00 bits per heavy atom. The molecule has 0 heterocycles. The van der Waals surface area contributed by atoms with Crippen LogP contribution in [0.4, 0.5) is 0 Å². The van der Waals surface area contributed by atoms with Crippen molar-refractivity contribution < 1.29 is 0 Å². The molecule has 0 atom stereocenters. The van der Waals surface area contributed by atoms with E-state index in [9.17, 15) is 0 Å². The van der Waals surface area contributed by atoms with Gasteiger partial charge in [-0.1, -0.05) is 32.1 Å². The Morgan fingerprint density at radius 2 is 1.89 bits per heavy atom. The van der Waals surface area contributed by atoms with Crippen LogP contribution in [0.1, 0.15) is 33.6 Å². The lowest BCUT2D eigenvalue weighted by Crippen LogP contribution is -1.80. The maximum Gasteiger partial charge on any atom is -0.0308 e. The highest BCUT2D eigenvalue weighted by atomic mass is 14.0. The molecule has 0 rings (SSSR count). The Bertz CT molecular complexity index is 118. The molecular formula is C9H16. The fourth-order valence-corrected chi connectivity index (χ4v) is 0.847. The van der Waals surface area contributed by atoms with E-state index in [1.165, 1.54) is 11.1 Å². The third-order valence-corrected chi connectivity index (χ3v) is 1.71. The van der Waals surface area contributed by atoms with Crippen LogP contribution in [0.2, 0.25) is 0 Å². The quantitative estimate of drug-likeness (QED) is 0.506. The summed E-state index contributed by atoms with van der Waals surface area (Å²) in [4.78, 5) is 0. The van der Waals surface area contributed by atoms with Gasteiger partial charge in [-0.15, -0.1) is 0 Å². The van der Waals surface area contributed by atoms with E-state index in [0.29, 0.717) is 0 Å². The highest BCUT2D eigenvalue weighted by molar-refractivity contribution is 5.21. The van der Waals surface area contributed by atoms with Crippen molar-refractivity contribution in [2.24, 2.45) is 0 Å². The number of hydrogen-bond acceptors (Lipinski definition) is 0. The average molecular weight is 124 g/mol. The van der Waals surface area contributed by atoms with Crippen LogP contribution in [-0.2, 0) is 0 Å². The number of rotatable bonds is 3. The highest BCUT2D eigenvalue weighted by Crippen LogP contribution is 2.11. The molecule has 0 aromatic carbocycles. The maximum absolute atomic E-state index is 3.74. The minimum atomic E-state index is 1.11. The van der Waals surface area contributed by atoms with E-state index in [0.717, 1.165) is 12.8 Å². The Balaban J connectivity index is 4.18. The van der Waals surface area contributed by atoms with Gasteiger partial charge in [-0.3, -0.25) is 0 Å². The monoisotopic (exact) mass is 124 g/mol. The molecule has 0 aromatic heterocycles. The molecule has 0 unspecified atom stereocenters. The average Bonchev–Trinajstić information content (AvgIpc) is 1.90. The first-order chi connectivity index (χ1) is 4.26. The van der Waals surface area contributed by atoms with Crippen LogP contribution < -0.4 is 0 Å². The summed E-state index contributed by atoms with van der Waals surface area (Å²) < 4.78 is 0. The molecule has 0 aliphatic carbocycles. The van der Waals surface area contributed by atoms with Gasteiger partial charge >= 0.3 is 0 Å². The molecule has 0 aliphatic heterocycles. The van der Waals surface area contributed by atoms with Gasteiger partial charge in [0.05, 0.1) is 0 Å². The molecule has 0 radical (unpaired) electrons. The summed E-state index contributed by atoms with van der Waals surface area (Å²) in [6.45, 7) is 10.2. The van der Waals surface area contributed by atoms with E-state index in [4.69, 9.17) is 0 Å². The van der Waals surface area contributed by atoms with Crippen molar-refractivity contribution in [1.82, 2.24) is 0 Å². The van der Waals surface area contributed by atoms with Crippen LogP contribution in [0.25, 0.3) is 0 Å². The van der Waals surface area contributed by atoms with E-state index < -0.39 is 0 Å². The van der Waals surface area contributed by atoms with E-state index >= 15 is 0 Å². The van der Waals surface area contributed by atoms with Crippen LogP contribution in [0, 0.1) is 0 Å². The lowest BCUT2D eigenvalue weighted by atomic mass is 10.1. The van der Waals surface area contributed by atoms with Gasteiger partial charge in [0.1, 0.15) is 0 Å². The topological polar surface area (TPSA) is 0 Å². The van der Waals surface area contributed by atoms with Crippen LogP contribution in [0.15, 0.2) is 23.8 Å². The summed E-state index contributed by atoms with van der Waals surface area (Å²) in [5, 5.41) is 0. The fourth-order valence-electron chi connectivity index (χ4n) is 0.847. The molecule has 0 spiro atoms. The van der Waals surface area contributed by atoms with Crippen molar-refractivity contribution in [2.75, 3.05) is 0 Å². The second kappa shape index (κ2) is 4.37. The molecule has 0 bridgehead atoms. The Kier molecular flexibility index (Phi) is 4.12. The zero-order valence-electron chi connectivity index (χ0n) is 6.70. The summed E-state index contributed by atoms with van der Waals surface area (Å²) in [7, 11) is 0. The van der Waals surface area contributed by atoms with Crippen molar-refractivity contribution >= 4 is 0 Å². The van der Waals surface area contributed by atoms with Crippen LogP contribution in [0.5, 0.6) is 0 Å². The van der Waals surface area contributed by atoms with Crippen molar-refractivity contribution in [3.05, 3.63) is 23.8 Å². The molecule has 0 fully saturated rings. The van der Waals surface area contributed by atoms with Crippen molar-refractivity contribution in [3.8, 4) is 0 Å². The molecule has 0 nitrogen and oxygen atoms in total. The van der Waals surface area contributed by atoms with E-state index in [-0.39, 0.29) is 0 Å². The van der Waals surface area contributed by atoms with Gasteiger partial charge in [-0.05, 0) is 25.3 Å². The SMILES string of the molecule is C=C/C(CC)=C(\C)CC. The van der Waals surface area contributed by atoms with Crippen molar-refractivity contribution in [1.29, 1.82) is 0 Å². The molecule has 0 saturated carbocycles. The van der Waals surface area contributed by atoms with Gasteiger partial charge in [0.2, 0.25) is 0 Å². The van der Waals surface area contributed by atoms with Gasteiger partial charge in [-0.2, -0.15) is 0 Å². The minimum Gasteiger partial charge on any atom is -0.0988 e. The Labute approximate surface area is 58.3 Å². The van der Waals surface area contributed by atoms with Gasteiger partial charge in [-0.25, -0.2) is 0 Å². The fraction of sp³-hybridized carbons (Fsp3) is 0.556. The largest absolute Gasteiger partial charge is 0.0988 e. The third kappa shape index (κ3) is 2.50. The molecule has 52 valence electrons. The molecule has 0 amide bonds. The zero-order chi connectivity index (χ0) is 7.28. The second-order valence-electron chi connectivity index (χ2n) is 2.22. The smallest absolute Gasteiger partial charge is 0.0308 e. The molecule has 0 aliphatic rings. The molecular weight excluding hydrogens is 108 g/mol. The summed E-state index contributed by atoms with van der Waals surface area (Å²) >= 11 is 0. The predicted octanol–water partition coefficient (Wildman–Crippen LogP) is 3.31. The van der Waals surface area contributed by atoms with E-state index in [2.05, 4.69) is 27.4 Å². The standard InChI is InChI=1S/C9H16/c1-5-8(4)9(6-2)7-3/h6H,2,5,7H2,1,3-4H3/b9-8-. The van der Waals surface area contributed by atoms with Gasteiger partial charge in [0.25, 0.3) is 0 Å². The highest BCUT2D eigenvalue weighted by Gasteiger charge is 1.90. The van der Waals surface area contributed by atoms with Crippen molar-refractivity contribution in [2.45, 2.75) is 33.6 Å². The van der Waals surface area contributed by atoms with E-state index in [1.54, 1.807) is 0 Å². The maximum atomic E-state index is 3.74. The van der Waals surface area contributed by atoms with Crippen LogP contribution >= 0.6 is 0 Å². The van der Waals surface area contributed by atoms with Gasteiger partial charge < -0.3 is 0 Å². The van der Waals surface area contributed by atoms with E-state index in [1.807, 2.05) is 6.08 Å². The molecule has 0 saturated heterocycles. The lowest BCUT2D eigenvalue weighted by Gasteiger charge is -2.00. The van der Waals surface area contributed by atoms with Crippen molar-refractivity contribution in [3.63, 3.8) is 0 Å². The van der Waals surface area contributed by atoms with Gasteiger partial charge in [0, 0.05) is 0 Å². The molecule has 0 aromatic rings. The Hall–Kier alpha value is -0.520. The second-order valence-corrected chi connectivity index (χ2v) is 2.22. The first-order valence-electron chi connectivity index (χ1n) is 3.57. The summed E-state index contributed by atoms with van der Waals surface area (Å²) in [6.07, 6.45) is 4.22. The normalized spacial score (nSPS) is 12.8. The predicted molar refractivity (Wildman–Crippen MR) is 43.5 cm³/mol. The first-order valence-corrected chi connectivity index (χ1v) is 3.57.